The fourth-order valence-corrected chi connectivity index (χ4v) is 4.72. The standard InChI is InChI=1S/C36H56O2/c1-27(2)11-9-13-29(5)21-23-37-35-25-33(17-15-31(35)7)19-20-34-18-16-32(8)36(26-34)38-24-22-30(6)14-10-12-28(3)4/h15-20,25-30H,9-14,21-24H2,1-8H3/b20-19+. The van der Waals surface area contributed by atoms with E-state index >= 15 is 0 Å². The third kappa shape index (κ3) is 13.0. The van der Waals surface area contributed by atoms with Crippen LogP contribution >= 0.6 is 0 Å². The summed E-state index contributed by atoms with van der Waals surface area (Å²) in [6.07, 6.45) is 14.4. The predicted octanol–water partition coefficient (Wildman–Crippen LogP) is 10.9. The van der Waals surface area contributed by atoms with Crippen LogP contribution in [0.4, 0.5) is 0 Å². The second-order valence-electron chi connectivity index (χ2n) is 12.5. The molecular weight excluding hydrogens is 464 g/mol. The summed E-state index contributed by atoms with van der Waals surface area (Å²) in [6, 6.07) is 13.0. The average molecular weight is 521 g/mol. The molecule has 0 aliphatic rings. The molecule has 0 heterocycles. The molecule has 0 amide bonds. The van der Waals surface area contributed by atoms with Gasteiger partial charge >= 0.3 is 0 Å². The molecule has 0 radical (unpaired) electrons. The Bertz CT molecular complexity index is 878. The Hall–Kier alpha value is -2.22. The Morgan fingerprint density at radius 2 is 0.947 bits per heavy atom. The third-order valence-electron chi connectivity index (χ3n) is 7.59. The van der Waals surface area contributed by atoms with Crippen LogP contribution in [-0.4, -0.2) is 13.2 Å². The van der Waals surface area contributed by atoms with E-state index < -0.39 is 0 Å². The van der Waals surface area contributed by atoms with Crippen LogP contribution in [0.15, 0.2) is 36.4 Å². The molecule has 38 heavy (non-hydrogen) atoms. The van der Waals surface area contributed by atoms with Gasteiger partial charge < -0.3 is 9.47 Å². The zero-order chi connectivity index (χ0) is 27.9. The van der Waals surface area contributed by atoms with Gasteiger partial charge in [0.25, 0.3) is 0 Å². The first-order valence-electron chi connectivity index (χ1n) is 15.3. The van der Waals surface area contributed by atoms with Gasteiger partial charge in [-0.3, -0.25) is 0 Å². The van der Waals surface area contributed by atoms with Crippen molar-refractivity contribution in [2.75, 3.05) is 13.2 Å². The second-order valence-corrected chi connectivity index (χ2v) is 12.5. The molecular formula is C36H56O2. The van der Waals surface area contributed by atoms with E-state index in [9.17, 15) is 0 Å². The highest BCUT2D eigenvalue weighted by Gasteiger charge is 2.07. The van der Waals surface area contributed by atoms with Gasteiger partial charge in [0.1, 0.15) is 11.5 Å². The van der Waals surface area contributed by atoms with Crippen LogP contribution in [0.1, 0.15) is 115 Å². The highest BCUT2D eigenvalue weighted by Crippen LogP contribution is 2.25. The first-order chi connectivity index (χ1) is 18.1. The number of hydrogen-bond donors (Lipinski definition) is 0. The largest absolute Gasteiger partial charge is 0.493 e. The van der Waals surface area contributed by atoms with Crippen LogP contribution in [0.2, 0.25) is 0 Å². The molecule has 0 saturated carbocycles. The van der Waals surface area contributed by atoms with E-state index in [4.69, 9.17) is 9.47 Å². The molecule has 0 fully saturated rings. The molecule has 0 bridgehead atoms. The monoisotopic (exact) mass is 520 g/mol. The first-order valence-corrected chi connectivity index (χ1v) is 15.3. The van der Waals surface area contributed by atoms with E-state index in [1.54, 1.807) is 0 Å². The summed E-state index contributed by atoms with van der Waals surface area (Å²) in [5.74, 6) is 5.02. The van der Waals surface area contributed by atoms with Crippen molar-refractivity contribution in [2.24, 2.45) is 23.7 Å². The van der Waals surface area contributed by atoms with Crippen molar-refractivity contribution < 1.29 is 9.47 Å². The Balaban J connectivity index is 1.87. The second kappa shape index (κ2) is 17.4. The van der Waals surface area contributed by atoms with E-state index in [2.05, 4.69) is 104 Å². The van der Waals surface area contributed by atoms with Gasteiger partial charge in [-0.2, -0.15) is 0 Å². The molecule has 0 aromatic heterocycles. The quantitative estimate of drug-likeness (QED) is 0.182. The smallest absolute Gasteiger partial charge is 0.122 e. The van der Waals surface area contributed by atoms with Gasteiger partial charge in [-0.05, 0) is 84.7 Å². The third-order valence-corrected chi connectivity index (χ3v) is 7.59. The van der Waals surface area contributed by atoms with Crippen molar-refractivity contribution in [3.63, 3.8) is 0 Å². The number of rotatable bonds is 18. The lowest BCUT2D eigenvalue weighted by Gasteiger charge is -2.15. The fourth-order valence-electron chi connectivity index (χ4n) is 4.72. The molecule has 0 aliphatic heterocycles. The normalized spacial score (nSPS) is 13.4. The summed E-state index contributed by atoms with van der Waals surface area (Å²) in [4.78, 5) is 0. The molecule has 0 aliphatic carbocycles. The molecule has 2 unspecified atom stereocenters. The Labute approximate surface area is 235 Å². The van der Waals surface area contributed by atoms with Crippen LogP contribution in [0.5, 0.6) is 11.5 Å². The molecule has 2 atom stereocenters. The van der Waals surface area contributed by atoms with Gasteiger partial charge in [-0.1, -0.05) is 116 Å². The van der Waals surface area contributed by atoms with E-state index in [1.807, 2.05) is 0 Å². The lowest BCUT2D eigenvalue weighted by Crippen LogP contribution is -2.05. The van der Waals surface area contributed by atoms with Crippen LogP contribution in [0.3, 0.4) is 0 Å². The molecule has 2 aromatic carbocycles. The molecule has 2 heteroatoms. The predicted molar refractivity (Wildman–Crippen MR) is 167 cm³/mol. The van der Waals surface area contributed by atoms with Crippen molar-refractivity contribution in [1.29, 1.82) is 0 Å². The van der Waals surface area contributed by atoms with E-state index in [0.29, 0.717) is 11.8 Å². The molecule has 2 nitrogen and oxygen atoms in total. The van der Waals surface area contributed by atoms with Gasteiger partial charge in [0, 0.05) is 0 Å². The fraction of sp³-hybridized carbons (Fsp3) is 0.611. The lowest BCUT2D eigenvalue weighted by atomic mass is 9.98. The Morgan fingerprint density at radius 3 is 1.32 bits per heavy atom. The Kier molecular flexibility index (Phi) is 14.6. The van der Waals surface area contributed by atoms with Crippen molar-refractivity contribution in [1.82, 2.24) is 0 Å². The van der Waals surface area contributed by atoms with Gasteiger partial charge in [0.15, 0.2) is 0 Å². The first kappa shape index (κ1) is 32.0. The SMILES string of the molecule is Cc1ccc(/C=C/c2ccc(C)c(OCCC(C)CCCC(C)C)c2)cc1OCCC(C)CCCC(C)C. The highest BCUT2D eigenvalue weighted by molar-refractivity contribution is 5.71. The van der Waals surface area contributed by atoms with E-state index in [1.165, 1.54) is 49.7 Å². The summed E-state index contributed by atoms with van der Waals surface area (Å²) in [5.41, 5.74) is 4.71. The Morgan fingerprint density at radius 1 is 0.553 bits per heavy atom. The summed E-state index contributed by atoms with van der Waals surface area (Å²) < 4.78 is 12.4. The average Bonchev–Trinajstić information content (AvgIpc) is 2.85. The lowest BCUT2D eigenvalue weighted by molar-refractivity contribution is 0.274. The minimum atomic E-state index is 0.711. The van der Waals surface area contributed by atoms with Crippen molar-refractivity contribution in [3.8, 4) is 11.5 Å². The summed E-state index contributed by atoms with van der Waals surface area (Å²) in [7, 11) is 0. The van der Waals surface area contributed by atoms with Crippen molar-refractivity contribution >= 4 is 12.2 Å². The maximum atomic E-state index is 6.21. The van der Waals surface area contributed by atoms with Crippen LogP contribution in [0, 0.1) is 37.5 Å². The number of hydrogen-bond acceptors (Lipinski definition) is 2. The van der Waals surface area contributed by atoms with Gasteiger partial charge in [-0.15, -0.1) is 0 Å². The number of benzene rings is 2. The zero-order valence-corrected chi connectivity index (χ0v) is 25.8. The maximum absolute atomic E-state index is 6.21. The highest BCUT2D eigenvalue weighted by atomic mass is 16.5. The number of aryl methyl sites for hydroxylation is 2. The van der Waals surface area contributed by atoms with Gasteiger partial charge in [0.2, 0.25) is 0 Å². The topological polar surface area (TPSA) is 18.5 Å². The summed E-state index contributed by atoms with van der Waals surface area (Å²) >= 11 is 0. The zero-order valence-electron chi connectivity index (χ0n) is 25.8. The van der Waals surface area contributed by atoms with Crippen molar-refractivity contribution in [3.05, 3.63) is 58.7 Å². The summed E-state index contributed by atoms with van der Waals surface area (Å²) in [5, 5.41) is 0. The van der Waals surface area contributed by atoms with E-state index in [-0.39, 0.29) is 0 Å². The molecule has 212 valence electrons. The van der Waals surface area contributed by atoms with Crippen LogP contribution < -0.4 is 9.47 Å². The molecule has 0 spiro atoms. The van der Waals surface area contributed by atoms with Gasteiger partial charge in [0.05, 0.1) is 13.2 Å². The van der Waals surface area contributed by atoms with Crippen molar-refractivity contribution in [2.45, 2.75) is 107 Å². The summed E-state index contributed by atoms with van der Waals surface area (Å²) in [6.45, 7) is 19.8. The minimum absolute atomic E-state index is 0.711. The minimum Gasteiger partial charge on any atom is -0.493 e. The molecule has 2 rings (SSSR count). The number of ether oxygens (including phenoxy) is 2. The van der Waals surface area contributed by atoms with E-state index in [0.717, 1.165) is 60.5 Å². The molecule has 0 saturated heterocycles. The van der Waals surface area contributed by atoms with Crippen LogP contribution in [-0.2, 0) is 0 Å². The van der Waals surface area contributed by atoms with Crippen LogP contribution in [0.25, 0.3) is 12.2 Å². The van der Waals surface area contributed by atoms with Gasteiger partial charge in [-0.25, -0.2) is 0 Å². The molecule has 2 aromatic rings. The maximum Gasteiger partial charge on any atom is 0.122 e. The molecule has 0 N–H and O–H groups in total.